The molecule has 0 fully saturated rings. The van der Waals surface area contributed by atoms with Gasteiger partial charge < -0.3 is 5.32 Å². The summed E-state index contributed by atoms with van der Waals surface area (Å²) in [6.45, 7) is 6.64. The average Bonchev–Trinajstić information content (AvgIpc) is 2.46. The molecule has 1 aromatic carbocycles. The highest BCUT2D eigenvalue weighted by Crippen LogP contribution is 2.20. The topological polar surface area (TPSA) is 49.4 Å². The Bertz CT molecular complexity index is 524. The van der Waals surface area contributed by atoms with Crippen molar-refractivity contribution in [3.05, 3.63) is 24.3 Å². The quantitative estimate of drug-likeness (QED) is 0.798. The summed E-state index contributed by atoms with van der Waals surface area (Å²) in [5, 5.41) is 3.49. The van der Waals surface area contributed by atoms with E-state index in [1.165, 1.54) is 10.7 Å². The fraction of sp³-hybridized carbons (Fsp3) is 0.625. The van der Waals surface area contributed by atoms with Crippen LogP contribution in [0, 0.1) is 5.92 Å². The molecule has 4 nitrogen and oxygen atoms in total. The Labute approximate surface area is 129 Å². The van der Waals surface area contributed by atoms with E-state index in [9.17, 15) is 8.42 Å². The number of sulfonamides is 1. The molecule has 0 amide bonds. The van der Waals surface area contributed by atoms with Gasteiger partial charge in [0, 0.05) is 25.8 Å². The van der Waals surface area contributed by atoms with Crippen LogP contribution < -0.4 is 5.32 Å². The Morgan fingerprint density at radius 2 is 1.67 bits per heavy atom. The number of nitrogens with one attached hydrogen (secondary N) is 1. The Morgan fingerprint density at radius 3 is 2.10 bits per heavy atom. The highest BCUT2D eigenvalue weighted by molar-refractivity contribution is 7.89. The molecule has 1 aromatic rings. The van der Waals surface area contributed by atoms with Crippen molar-refractivity contribution < 1.29 is 8.42 Å². The number of hydrogen-bond donors (Lipinski definition) is 1. The van der Waals surface area contributed by atoms with Crippen LogP contribution in [0.4, 0.5) is 5.69 Å². The summed E-state index contributed by atoms with van der Waals surface area (Å²) in [6.07, 6.45) is 3.37. The van der Waals surface area contributed by atoms with Gasteiger partial charge in [0.25, 0.3) is 0 Å². The molecule has 0 heterocycles. The zero-order valence-corrected chi connectivity index (χ0v) is 14.6. The van der Waals surface area contributed by atoms with Gasteiger partial charge in [-0.15, -0.1) is 0 Å². The molecule has 0 spiro atoms. The maximum absolute atomic E-state index is 12.0. The van der Waals surface area contributed by atoms with Crippen molar-refractivity contribution >= 4 is 15.7 Å². The Morgan fingerprint density at radius 1 is 1.10 bits per heavy atom. The van der Waals surface area contributed by atoms with Crippen molar-refractivity contribution in [1.29, 1.82) is 0 Å². The van der Waals surface area contributed by atoms with Gasteiger partial charge in [-0.05, 0) is 43.0 Å². The molecule has 0 aliphatic carbocycles. The monoisotopic (exact) mass is 312 g/mol. The molecular formula is C16H28N2O2S. The van der Waals surface area contributed by atoms with Crippen molar-refractivity contribution in [2.45, 2.75) is 51.0 Å². The molecule has 1 N–H and O–H groups in total. The van der Waals surface area contributed by atoms with E-state index in [4.69, 9.17) is 0 Å². The molecule has 120 valence electrons. The van der Waals surface area contributed by atoms with Crippen molar-refractivity contribution in [2.24, 2.45) is 5.92 Å². The van der Waals surface area contributed by atoms with Crippen LogP contribution >= 0.6 is 0 Å². The first-order valence-corrected chi connectivity index (χ1v) is 9.04. The minimum absolute atomic E-state index is 0.327. The summed E-state index contributed by atoms with van der Waals surface area (Å²) >= 11 is 0. The van der Waals surface area contributed by atoms with E-state index >= 15 is 0 Å². The first kappa shape index (κ1) is 18.0. The van der Waals surface area contributed by atoms with Crippen LogP contribution in [-0.2, 0) is 10.0 Å². The minimum atomic E-state index is -3.35. The van der Waals surface area contributed by atoms with Crippen LogP contribution in [-0.4, -0.2) is 32.9 Å². The van der Waals surface area contributed by atoms with Crippen LogP contribution in [0.15, 0.2) is 29.2 Å². The lowest BCUT2D eigenvalue weighted by atomic mass is 9.97. The number of anilines is 1. The first-order chi connectivity index (χ1) is 9.81. The molecule has 0 aromatic heterocycles. The summed E-state index contributed by atoms with van der Waals surface area (Å²) in [7, 11) is -0.260. The van der Waals surface area contributed by atoms with Gasteiger partial charge in [0.1, 0.15) is 0 Å². The lowest BCUT2D eigenvalue weighted by Crippen LogP contribution is -2.23. The third-order valence-corrected chi connectivity index (χ3v) is 5.71. The number of benzene rings is 1. The van der Waals surface area contributed by atoms with Crippen molar-refractivity contribution in [3.63, 3.8) is 0 Å². The van der Waals surface area contributed by atoms with Gasteiger partial charge in [-0.2, -0.15) is 0 Å². The van der Waals surface area contributed by atoms with Gasteiger partial charge in [-0.25, -0.2) is 12.7 Å². The maximum atomic E-state index is 12.0. The Hall–Kier alpha value is -1.07. The first-order valence-electron chi connectivity index (χ1n) is 7.60. The van der Waals surface area contributed by atoms with Gasteiger partial charge in [0.2, 0.25) is 10.0 Å². The molecule has 0 bridgehead atoms. The second-order valence-electron chi connectivity index (χ2n) is 5.81. The van der Waals surface area contributed by atoms with Crippen LogP contribution in [0.3, 0.4) is 0 Å². The van der Waals surface area contributed by atoms with E-state index in [1.54, 1.807) is 26.2 Å². The van der Waals surface area contributed by atoms with Crippen molar-refractivity contribution in [3.8, 4) is 0 Å². The lowest BCUT2D eigenvalue weighted by molar-refractivity contribution is 0.462. The second-order valence-corrected chi connectivity index (χ2v) is 7.96. The van der Waals surface area contributed by atoms with Crippen molar-refractivity contribution in [1.82, 2.24) is 4.31 Å². The highest BCUT2D eigenvalue weighted by Gasteiger charge is 2.17. The largest absolute Gasteiger partial charge is 0.382 e. The Balaban J connectivity index is 2.78. The molecule has 2 atom stereocenters. The summed E-state index contributed by atoms with van der Waals surface area (Å²) in [4.78, 5) is 0.327. The van der Waals surface area contributed by atoms with E-state index in [1.807, 2.05) is 12.1 Å². The molecule has 0 saturated carbocycles. The molecular weight excluding hydrogens is 284 g/mol. The van der Waals surface area contributed by atoms with Gasteiger partial charge in [-0.3, -0.25) is 0 Å². The predicted molar refractivity (Wildman–Crippen MR) is 89.1 cm³/mol. The minimum Gasteiger partial charge on any atom is -0.382 e. The summed E-state index contributed by atoms with van der Waals surface area (Å²) < 4.78 is 25.3. The maximum Gasteiger partial charge on any atom is 0.242 e. The van der Waals surface area contributed by atoms with Gasteiger partial charge >= 0.3 is 0 Å². The average molecular weight is 312 g/mol. The third kappa shape index (κ3) is 5.00. The van der Waals surface area contributed by atoms with Crippen molar-refractivity contribution in [2.75, 3.05) is 19.4 Å². The molecule has 0 radical (unpaired) electrons. The Kier molecular flexibility index (Phi) is 6.68. The molecule has 0 aliphatic rings. The van der Waals surface area contributed by atoms with E-state index in [-0.39, 0.29) is 0 Å². The third-order valence-electron chi connectivity index (χ3n) is 3.88. The van der Waals surface area contributed by atoms with Crippen LogP contribution in [0.1, 0.15) is 40.0 Å². The normalized spacial score (nSPS) is 15.0. The molecule has 0 saturated heterocycles. The summed E-state index contributed by atoms with van der Waals surface area (Å²) in [5.41, 5.74) is 0.975. The molecule has 1 rings (SSSR count). The molecule has 21 heavy (non-hydrogen) atoms. The predicted octanol–water partition coefficient (Wildman–Crippen LogP) is 3.56. The smallest absolute Gasteiger partial charge is 0.242 e. The molecule has 5 heteroatoms. The standard InChI is InChI=1S/C16H28N2O2S/c1-6-13(3)12-14(7-2)17-15-8-10-16(11-9-15)21(19,20)18(4)5/h8-11,13-14,17H,6-7,12H2,1-5H3. The number of rotatable bonds is 8. The van der Waals surface area contributed by atoms with Gasteiger partial charge in [0.15, 0.2) is 0 Å². The van der Waals surface area contributed by atoms with Crippen LogP contribution in [0.25, 0.3) is 0 Å². The van der Waals surface area contributed by atoms with Crippen LogP contribution in [0.5, 0.6) is 0 Å². The number of nitrogens with zero attached hydrogens (tertiary/aromatic N) is 1. The van der Waals surface area contributed by atoms with E-state index in [2.05, 4.69) is 26.1 Å². The molecule has 0 aliphatic heterocycles. The summed E-state index contributed by atoms with van der Waals surface area (Å²) in [5.74, 6) is 0.691. The lowest BCUT2D eigenvalue weighted by Gasteiger charge is -2.21. The fourth-order valence-electron chi connectivity index (χ4n) is 2.15. The van der Waals surface area contributed by atoms with E-state index < -0.39 is 10.0 Å². The summed E-state index contributed by atoms with van der Waals surface area (Å²) in [6, 6.07) is 7.43. The van der Waals surface area contributed by atoms with E-state index in [0.717, 1.165) is 18.5 Å². The zero-order valence-electron chi connectivity index (χ0n) is 13.8. The van der Waals surface area contributed by atoms with E-state index in [0.29, 0.717) is 16.9 Å². The SMILES string of the molecule is CCC(C)CC(CC)Nc1ccc(S(=O)(=O)N(C)C)cc1. The fourth-order valence-corrected chi connectivity index (χ4v) is 3.05. The number of hydrogen-bond acceptors (Lipinski definition) is 3. The highest BCUT2D eigenvalue weighted by atomic mass is 32.2. The van der Waals surface area contributed by atoms with Gasteiger partial charge in [0.05, 0.1) is 4.90 Å². The zero-order chi connectivity index (χ0) is 16.0. The van der Waals surface area contributed by atoms with Gasteiger partial charge in [-0.1, -0.05) is 27.2 Å². The molecule has 2 unspecified atom stereocenters. The second kappa shape index (κ2) is 7.80. The van der Waals surface area contributed by atoms with Crippen LogP contribution in [0.2, 0.25) is 0 Å².